The molecule has 1 fully saturated rings. The van der Waals surface area contributed by atoms with Crippen molar-refractivity contribution in [2.75, 3.05) is 19.6 Å². The highest BCUT2D eigenvalue weighted by molar-refractivity contribution is 5.80. The molecule has 1 aliphatic rings. The van der Waals surface area contributed by atoms with Crippen LogP contribution >= 0.6 is 0 Å². The number of nitrogens with zero attached hydrogens (tertiary/aromatic N) is 4. The predicted molar refractivity (Wildman–Crippen MR) is 105 cm³/mol. The van der Waals surface area contributed by atoms with Crippen molar-refractivity contribution in [2.24, 2.45) is 0 Å². The van der Waals surface area contributed by atoms with Gasteiger partial charge in [-0.3, -0.25) is 19.1 Å². The van der Waals surface area contributed by atoms with Crippen molar-refractivity contribution >= 4 is 22.6 Å². The molecule has 1 amide bonds. The van der Waals surface area contributed by atoms with Gasteiger partial charge in [-0.2, -0.15) is 0 Å². The van der Waals surface area contributed by atoms with Gasteiger partial charge in [0.15, 0.2) is 5.65 Å². The molecule has 7 nitrogen and oxygen atoms in total. The van der Waals surface area contributed by atoms with Crippen molar-refractivity contribution < 1.29 is 4.79 Å². The molecule has 0 aromatic carbocycles. The van der Waals surface area contributed by atoms with Crippen LogP contribution in [0.3, 0.4) is 0 Å². The summed E-state index contributed by atoms with van der Waals surface area (Å²) in [6, 6.07) is 7.90. The minimum absolute atomic E-state index is 0.0242. The van der Waals surface area contributed by atoms with Crippen LogP contribution in [0.1, 0.15) is 26.2 Å². The topological polar surface area (TPSA) is 71.6 Å². The van der Waals surface area contributed by atoms with Crippen LogP contribution < -0.4 is 10.9 Å². The molecule has 0 saturated carbocycles. The third-order valence-corrected chi connectivity index (χ3v) is 5.46. The zero-order valence-electron chi connectivity index (χ0n) is 15.6. The molecule has 0 aliphatic carbocycles. The van der Waals surface area contributed by atoms with E-state index in [1.165, 1.54) is 23.8 Å². The van der Waals surface area contributed by atoms with Gasteiger partial charge in [-0.15, -0.1) is 0 Å². The lowest BCUT2D eigenvalue weighted by molar-refractivity contribution is -0.121. The number of hydrogen-bond acceptors (Lipinski definition) is 4. The first-order chi connectivity index (χ1) is 13.1. The Labute approximate surface area is 157 Å². The molecular weight excluding hydrogens is 342 g/mol. The van der Waals surface area contributed by atoms with E-state index in [2.05, 4.69) is 22.1 Å². The van der Waals surface area contributed by atoms with E-state index >= 15 is 0 Å². The fraction of sp³-hybridized carbons (Fsp3) is 0.450. The normalized spacial score (nSPS) is 18.2. The molecule has 3 aromatic heterocycles. The fourth-order valence-electron chi connectivity index (χ4n) is 3.96. The lowest BCUT2D eigenvalue weighted by Crippen LogP contribution is -2.43. The highest BCUT2D eigenvalue weighted by atomic mass is 16.2. The van der Waals surface area contributed by atoms with E-state index in [-0.39, 0.29) is 18.0 Å². The van der Waals surface area contributed by atoms with Crippen LogP contribution in [0.4, 0.5) is 0 Å². The Kier molecular flexibility index (Phi) is 4.94. The number of rotatable bonds is 5. The zero-order valence-corrected chi connectivity index (χ0v) is 15.6. The van der Waals surface area contributed by atoms with E-state index in [4.69, 9.17) is 0 Å². The maximum absolute atomic E-state index is 12.8. The quantitative estimate of drug-likeness (QED) is 0.744. The molecule has 4 rings (SSSR count). The van der Waals surface area contributed by atoms with Crippen LogP contribution in [0, 0.1) is 0 Å². The number of pyridine rings is 1. The molecule has 1 saturated heterocycles. The van der Waals surface area contributed by atoms with Gasteiger partial charge in [0.2, 0.25) is 5.91 Å². The van der Waals surface area contributed by atoms with Gasteiger partial charge in [0.25, 0.3) is 5.56 Å². The molecule has 0 unspecified atom stereocenters. The number of likely N-dealkylation sites (tertiary alicyclic amines) is 1. The number of nitrogens with one attached hydrogen (secondary N) is 1. The van der Waals surface area contributed by atoms with Crippen molar-refractivity contribution in [3.63, 3.8) is 0 Å². The summed E-state index contributed by atoms with van der Waals surface area (Å²) in [6.45, 7) is 4.75. The number of amides is 1. The lowest BCUT2D eigenvalue weighted by atomic mass is 10.0. The molecular formula is C20H25N5O2. The van der Waals surface area contributed by atoms with Crippen molar-refractivity contribution in [1.82, 2.24) is 24.2 Å². The van der Waals surface area contributed by atoms with Crippen LogP contribution in [0.5, 0.6) is 0 Å². The third-order valence-electron chi connectivity index (χ3n) is 5.46. The summed E-state index contributed by atoms with van der Waals surface area (Å²) in [6.07, 6.45) is 7.21. The summed E-state index contributed by atoms with van der Waals surface area (Å²) in [5, 5.41) is 2.96. The highest BCUT2D eigenvalue weighted by Crippen LogP contribution is 2.15. The predicted octanol–water partition coefficient (Wildman–Crippen LogP) is 1.64. The standard InChI is InChI=1S/C20H25N5O2/c1-15-6-2-3-11-23(15)13-10-21-18(26)14-25-19-16(7-4-9-22-19)24-12-5-8-17(24)20(25)27/h4-5,7-9,12,15H,2-3,6,10-11,13-14H2,1H3,(H,21,26)/t15-/m1/s1. The van der Waals surface area contributed by atoms with Gasteiger partial charge in [-0.25, -0.2) is 4.98 Å². The monoisotopic (exact) mass is 367 g/mol. The molecule has 3 aromatic rings. The molecule has 0 radical (unpaired) electrons. The van der Waals surface area contributed by atoms with Crippen molar-refractivity contribution in [1.29, 1.82) is 0 Å². The van der Waals surface area contributed by atoms with Crippen LogP contribution in [0.25, 0.3) is 16.7 Å². The number of carbonyl (C=O) groups is 1. The van der Waals surface area contributed by atoms with E-state index in [9.17, 15) is 9.59 Å². The van der Waals surface area contributed by atoms with Crippen molar-refractivity contribution in [3.05, 3.63) is 47.0 Å². The molecule has 4 heterocycles. The first kappa shape index (κ1) is 17.7. The largest absolute Gasteiger partial charge is 0.353 e. The van der Waals surface area contributed by atoms with E-state index in [1.807, 2.05) is 28.8 Å². The SMILES string of the molecule is C[C@@H]1CCCCN1CCNC(=O)Cn1c(=O)c2cccn2c2cccnc21. The van der Waals surface area contributed by atoms with Crippen LogP contribution in [-0.4, -0.2) is 50.4 Å². The summed E-state index contributed by atoms with van der Waals surface area (Å²) in [5.41, 5.74) is 1.68. The molecule has 1 aliphatic heterocycles. The molecule has 1 atom stereocenters. The Morgan fingerprint density at radius 3 is 2.96 bits per heavy atom. The van der Waals surface area contributed by atoms with E-state index in [1.54, 1.807) is 12.3 Å². The van der Waals surface area contributed by atoms with E-state index < -0.39 is 0 Å². The average Bonchev–Trinajstić information content (AvgIpc) is 3.17. The number of fused-ring (bicyclic) bond motifs is 3. The second-order valence-electron chi connectivity index (χ2n) is 7.23. The Hall–Kier alpha value is -2.67. The Bertz CT molecular complexity index is 1020. The zero-order chi connectivity index (χ0) is 18.8. The summed E-state index contributed by atoms with van der Waals surface area (Å²) in [7, 11) is 0. The second kappa shape index (κ2) is 7.52. The summed E-state index contributed by atoms with van der Waals surface area (Å²) in [5.74, 6) is -0.162. The smallest absolute Gasteiger partial charge is 0.276 e. The van der Waals surface area contributed by atoms with Crippen molar-refractivity contribution in [3.8, 4) is 0 Å². The minimum Gasteiger partial charge on any atom is -0.353 e. The molecule has 7 heteroatoms. The molecule has 27 heavy (non-hydrogen) atoms. The highest BCUT2D eigenvalue weighted by Gasteiger charge is 2.18. The maximum atomic E-state index is 12.8. The van der Waals surface area contributed by atoms with Gasteiger partial charge in [0, 0.05) is 31.5 Å². The number of aromatic nitrogens is 3. The van der Waals surface area contributed by atoms with Crippen molar-refractivity contribution in [2.45, 2.75) is 38.8 Å². The van der Waals surface area contributed by atoms with Gasteiger partial charge in [0.05, 0.1) is 5.52 Å². The number of carbonyl (C=O) groups excluding carboxylic acids is 1. The molecule has 0 bridgehead atoms. The Morgan fingerprint density at radius 2 is 2.11 bits per heavy atom. The Balaban J connectivity index is 1.50. The van der Waals surface area contributed by atoms with Gasteiger partial charge < -0.3 is 9.72 Å². The first-order valence-electron chi connectivity index (χ1n) is 9.60. The average molecular weight is 367 g/mol. The van der Waals surface area contributed by atoms with Crippen LogP contribution in [0.15, 0.2) is 41.5 Å². The minimum atomic E-state index is -0.203. The van der Waals surface area contributed by atoms with E-state index in [0.29, 0.717) is 23.8 Å². The Morgan fingerprint density at radius 1 is 1.26 bits per heavy atom. The van der Waals surface area contributed by atoms with Gasteiger partial charge in [0.1, 0.15) is 12.1 Å². The lowest BCUT2D eigenvalue weighted by Gasteiger charge is -2.33. The second-order valence-corrected chi connectivity index (χ2v) is 7.23. The summed E-state index contributed by atoms with van der Waals surface area (Å²) in [4.78, 5) is 32.1. The van der Waals surface area contributed by atoms with Gasteiger partial charge in [-0.05, 0) is 50.6 Å². The van der Waals surface area contributed by atoms with Crippen LogP contribution in [-0.2, 0) is 11.3 Å². The third kappa shape index (κ3) is 3.47. The molecule has 1 N–H and O–H groups in total. The summed E-state index contributed by atoms with van der Waals surface area (Å²) >= 11 is 0. The first-order valence-corrected chi connectivity index (χ1v) is 9.60. The fourth-order valence-corrected chi connectivity index (χ4v) is 3.96. The molecule has 142 valence electrons. The van der Waals surface area contributed by atoms with Gasteiger partial charge in [-0.1, -0.05) is 6.42 Å². The summed E-state index contributed by atoms with van der Waals surface area (Å²) < 4.78 is 3.28. The van der Waals surface area contributed by atoms with E-state index in [0.717, 1.165) is 18.6 Å². The maximum Gasteiger partial charge on any atom is 0.276 e. The number of hydrogen-bond donors (Lipinski definition) is 1. The van der Waals surface area contributed by atoms with Crippen LogP contribution in [0.2, 0.25) is 0 Å². The van der Waals surface area contributed by atoms with Gasteiger partial charge >= 0.3 is 0 Å². The molecule has 0 spiro atoms. The number of piperidine rings is 1.